The van der Waals surface area contributed by atoms with E-state index in [0.29, 0.717) is 47.2 Å². The van der Waals surface area contributed by atoms with Crippen LogP contribution in [-0.2, 0) is 11.3 Å². The van der Waals surface area contributed by atoms with Crippen molar-refractivity contribution in [2.24, 2.45) is 0 Å². The molecule has 2 aliphatic heterocycles. The normalized spacial score (nSPS) is 17.2. The number of carbonyl (C=O) groups is 3. The third-order valence-electron chi connectivity index (χ3n) is 6.07. The van der Waals surface area contributed by atoms with Gasteiger partial charge in [0.15, 0.2) is 0 Å². The first-order chi connectivity index (χ1) is 17.5. The molecule has 0 N–H and O–H groups in total. The predicted molar refractivity (Wildman–Crippen MR) is 142 cm³/mol. The summed E-state index contributed by atoms with van der Waals surface area (Å²) in [5, 5.41) is 0.221. The van der Waals surface area contributed by atoms with Gasteiger partial charge in [-0.3, -0.25) is 19.3 Å². The number of aromatic nitrogens is 1. The summed E-state index contributed by atoms with van der Waals surface area (Å²) in [6.07, 6.45) is 3.43. The molecule has 1 aromatic heterocycles. The van der Waals surface area contributed by atoms with Gasteiger partial charge in [0.2, 0.25) is 0 Å². The summed E-state index contributed by atoms with van der Waals surface area (Å²) in [6.45, 7) is 2.78. The summed E-state index contributed by atoms with van der Waals surface area (Å²) in [7, 11) is 0. The highest BCUT2D eigenvalue weighted by Crippen LogP contribution is 2.33. The predicted octanol–water partition coefficient (Wildman–Crippen LogP) is 4.93. The van der Waals surface area contributed by atoms with Gasteiger partial charge in [-0.05, 0) is 65.4 Å². The third-order valence-corrected chi connectivity index (χ3v) is 7.22. The van der Waals surface area contributed by atoms with E-state index in [2.05, 4.69) is 9.88 Å². The van der Waals surface area contributed by atoms with Gasteiger partial charge >= 0.3 is 0 Å². The first kappa shape index (κ1) is 24.1. The molecule has 7 nitrogen and oxygen atoms in total. The number of hydrogen-bond acceptors (Lipinski definition) is 6. The van der Waals surface area contributed by atoms with Crippen molar-refractivity contribution in [1.29, 1.82) is 0 Å². The summed E-state index contributed by atoms with van der Waals surface area (Å²) >= 11 is 6.93. The third kappa shape index (κ3) is 5.29. The van der Waals surface area contributed by atoms with E-state index in [-0.39, 0.29) is 23.6 Å². The van der Waals surface area contributed by atoms with Crippen molar-refractivity contribution in [2.45, 2.75) is 6.54 Å². The summed E-state index contributed by atoms with van der Waals surface area (Å²) in [6, 6.07) is 20.0. The van der Waals surface area contributed by atoms with Crippen LogP contribution in [0.2, 0.25) is 5.02 Å². The molecule has 0 unspecified atom stereocenters. The summed E-state index contributed by atoms with van der Waals surface area (Å²) in [5.74, 6) is 0.503. The number of carbonyl (C=O) groups excluding carboxylic acids is 3. The minimum Gasteiger partial charge on any atom is -0.353 e. The van der Waals surface area contributed by atoms with E-state index >= 15 is 0 Å². The monoisotopic (exact) mass is 518 g/mol. The Bertz CT molecular complexity index is 1340. The lowest BCUT2D eigenvalue weighted by molar-refractivity contribution is -0.123. The first-order valence-electron chi connectivity index (χ1n) is 11.5. The fourth-order valence-corrected chi connectivity index (χ4v) is 5.28. The van der Waals surface area contributed by atoms with Crippen molar-refractivity contribution in [2.75, 3.05) is 31.1 Å². The van der Waals surface area contributed by atoms with Crippen LogP contribution in [0.15, 0.2) is 77.8 Å². The number of piperazine rings is 1. The van der Waals surface area contributed by atoms with Gasteiger partial charge in [-0.2, -0.15) is 0 Å². The highest BCUT2D eigenvalue weighted by atomic mass is 35.5. The van der Waals surface area contributed by atoms with E-state index in [1.165, 1.54) is 4.90 Å². The van der Waals surface area contributed by atoms with Crippen molar-refractivity contribution < 1.29 is 14.4 Å². The molecule has 2 aliphatic rings. The van der Waals surface area contributed by atoms with Gasteiger partial charge in [0.25, 0.3) is 17.1 Å². The van der Waals surface area contributed by atoms with Gasteiger partial charge in [0.1, 0.15) is 5.82 Å². The first-order valence-corrected chi connectivity index (χ1v) is 12.7. The molecule has 5 rings (SSSR count). The minimum atomic E-state index is -0.354. The van der Waals surface area contributed by atoms with Crippen LogP contribution in [0, 0.1) is 0 Å². The summed E-state index contributed by atoms with van der Waals surface area (Å²) < 4.78 is 0. The zero-order valence-corrected chi connectivity index (χ0v) is 20.9. The number of amides is 3. The molecule has 0 saturated carbocycles. The second-order valence-electron chi connectivity index (χ2n) is 8.49. The summed E-state index contributed by atoms with van der Waals surface area (Å²) in [5.41, 5.74) is 2.02. The molecule has 0 aliphatic carbocycles. The van der Waals surface area contributed by atoms with Crippen molar-refractivity contribution in [3.8, 4) is 0 Å². The molecule has 182 valence electrons. The number of nitrogens with zero attached hydrogens (tertiary/aromatic N) is 4. The molecule has 0 bridgehead atoms. The van der Waals surface area contributed by atoms with Gasteiger partial charge in [0, 0.05) is 43.0 Å². The minimum absolute atomic E-state index is 0.0556. The maximum atomic E-state index is 13.2. The van der Waals surface area contributed by atoms with Crippen molar-refractivity contribution in [3.63, 3.8) is 0 Å². The lowest BCUT2D eigenvalue weighted by Gasteiger charge is -2.35. The van der Waals surface area contributed by atoms with Crippen LogP contribution < -0.4 is 4.90 Å². The average molecular weight is 519 g/mol. The van der Waals surface area contributed by atoms with E-state index in [1.807, 2.05) is 35.2 Å². The molecule has 0 spiro atoms. The summed E-state index contributed by atoms with van der Waals surface area (Å²) in [4.78, 5) is 48.5. The zero-order valence-electron chi connectivity index (χ0n) is 19.3. The largest absolute Gasteiger partial charge is 0.353 e. The molecule has 3 aromatic rings. The van der Waals surface area contributed by atoms with Crippen molar-refractivity contribution in [3.05, 3.63) is 99.5 Å². The van der Waals surface area contributed by atoms with E-state index < -0.39 is 0 Å². The topological polar surface area (TPSA) is 73.8 Å². The molecule has 0 radical (unpaired) electrons. The highest BCUT2D eigenvalue weighted by molar-refractivity contribution is 8.18. The van der Waals surface area contributed by atoms with Gasteiger partial charge in [0.05, 0.1) is 11.4 Å². The number of benzene rings is 2. The number of hydrogen-bond donors (Lipinski definition) is 0. The molecule has 2 saturated heterocycles. The van der Waals surface area contributed by atoms with Crippen molar-refractivity contribution >= 4 is 52.3 Å². The van der Waals surface area contributed by atoms with Crippen LogP contribution in [0.4, 0.5) is 10.6 Å². The molecule has 0 atom stereocenters. The SMILES string of the molecule is O=C(c1cccc(/C=C2\SC(=O)N(Cc3cccc(Cl)c3)C2=O)c1)N1CCN(c2ccccn2)CC1. The Balaban J connectivity index is 1.26. The standard InChI is InChI=1S/C27H23ClN4O3S/c28-22-8-4-6-20(16-22)18-32-26(34)23(36-27(32)35)17-19-5-3-7-21(15-19)25(33)31-13-11-30(12-14-31)24-9-1-2-10-29-24/h1-10,15-17H,11-14,18H2/b23-17-. The molecule has 2 fully saturated rings. The van der Waals surface area contributed by atoms with Crippen LogP contribution in [0.5, 0.6) is 0 Å². The van der Waals surface area contributed by atoms with E-state index in [1.54, 1.807) is 48.7 Å². The number of imide groups is 1. The van der Waals surface area contributed by atoms with E-state index in [9.17, 15) is 14.4 Å². The lowest BCUT2D eigenvalue weighted by atomic mass is 10.1. The smallest absolute Gasteiger partial charge is 0.293 e. The van der Waals surface area contributed by atoms with Crippen LogP contribution in [-0.4, -0.2) is 58.0 Å². The maximum absolute atomic E-state index is 13.2. The Labute approximate surface area is 218 Å². The average Bonchev–Trinajstić information content (AvgIpc) is 3.16. The Hall–Kier alpha value is -3.62. The molecule has 2 aromatic carbocycles. The molecular weight excluding hydrogens is 496 g/mol. The van der Waals surface area contributed by atoms with Crippen LogP contribution in [0.1, 0.15) is 21.5 Å². The fraction of sp³-hybridized carbons (Fsp3) is 0.185. The van der Waals surface area contributed by atoms with Crippen LogP contribution >= 0.6 is 23.4 Å². The Morgan fingerprint density at radius 3 is 2.53 bits per heavy atom. The van der Waals surface area contributed by atoms with Crippen LogP contribution in [0.3, 0.4) is 0 Å². The molecule has 36 heavy (non-hydrogen) atoms. The quantitative estimate of drug-likeness (QED) is 0.446. The number of pyridine rings is 1. The number of anilines is 1. The molecular formula is C27H23ClN4O3S. The zero-order chi connectivity index (χ0) is 25.1. The second-order valence-corrected chi connectivity index (χ2v) is 9.92. The number of rotatable bonds is 5. The lowest BCUT2D eigenvalue weighted by Crippen LogP contribution is -2.49. The Morgan fingerprint density at radius 1 is 0.972 bits per heavy atom. The Kier molecular flexibility index (Phi) is 7.06. The number of thioether (sulfide) groups is 1. The Morgan fingerprint density at radius 2 is 1.78 bits per heavy atom. The van der Waals surface area contributed by atoms with E-state index in [4.69, 9.17) is 11.6 Å². The highest BCUT2D eigenvalue weighted by Gasteiger charge is 2.35. The molecule has 3 heterocycles. The maximum Gasteiger partial charge on any atom is 0.293 e. The fourth-order valence-electron chi connectivity index (χ4n) is 4.23. The van der Waals surface area contributed by atoms with E-state index in [0.717, 1.165) is 23.1 Å². The number of halogens is 1. The van der Waals surface area contributed by atoms with Gasteiger partial charge in [-0.15, -0.1) is 0 Å². The molecule has 9 heteroatoms. The van der Waals surface area contributed by atoms with Gasteiger partial charge in [-0.25, -0.2) is 4.98 Å². The van der Waals surface area contributed by atoms with Gasteiger partial charge in [-0.1, -0.05) is 41.9 Å². The molecule has 3 amide bonds. The second kappa shape index (κ2) is 10.6. The van der Waals surface area contributed by atoms with Gasteiger partial charge < -0.3 is 9.80 Å². The van der Waals surface area contributed by atoms with Crippen LogP contribution in [0.25, 0.3) is 6.08 Å². The van der Waals surface area contributed by atoms with Crippen molar-refractivity contribution in [1.82, 2.24) is 14.8 Å².